The molecule has 0 aliphatic carbocycles. The number of benzene rings is 3. The Bertz CT molecular complexity index is 993. The molecule has 0 unspecified atom stereocenters. The fraction of sp³-hybridized carbons (Fsp3) is 0.0476. The molecule has 142 valence electrons. The third-order valence-electron chi connectivity index (χ3n) is 3.74. The Morgan fingerprint density at radius 3 is 2.50 bits per heavy atom. The van der Waals surface area contributed by atoms with E-state index in [9.17, 15) is 9.18 Å². The van der Waals surface area contributed by atoms with E-state index in [-0.39, 0.29) is 0 Å². The number of carbonyl (C=O) groups excluding carboxylic acids is 1. The van der Waals surface area contributed by atoms with Crippen LogP contribution in [0, 0.1) is 5.82 Å². The fourth-order valence-electron chi connectivity index (χ4n) is 2.38. The minimum atomic E-state index is -0.433. The van der Waals surface area contributed by atoms with Crippen molar-refractivity contribution in [2.24, 2.45) is 5.10 Å². The molecule has 0 aliphatic heterocycles. The van der Waals surface area contributed by atoms with E-state index in [1.165, 1.54) is 30.5 Å². The zero-order valence-electron chi connectivity index (χ0n) is 14.5. The van der Waals surface area contributed by atoms with E-state index >= 15 is 0 Å². The SMILES string of the molecule is O=C(N/N=C\c1cc(Br)cc(Br)c1OCc1ccccc1)c1ccc(F)cc1. The summed E-state index contributed by atoms with van der Waals surface area (Å²) in [6.07, 6.45) is 1.50. The zero-order chi connectivity index (χ0) is 19.9. The largest absolute Gasteiger partial charge is 0.487 e. The van der Waals surface area contributed by atoms with Gasteiger partial charge in [-0.05, 0) is 57.9 Å². The topological polar surface area (TPSA) is 50.7 Å². The monoisotopic (exact) mass is 504 g/mol. The van der Waals surface area contributed by atoms with Gasteiger partial charge in [0, 0.05) is 15.6 Å². The first kappa shape index (κ1) is 20.2. The lowest BCUT2D eigenvalue weighted by Gasteiger charge is -2.12. The third kappa shape index (κ3) is 5.50. The maximum Gasteiger partial charge on any atom is 0.271 e. The van der Waals surface area contributed by atoms with Crippen molar-refractivity contribution in [2.45, 2.75) is 6.61 Å². The van der Waals surface area contributed by atoms with Crippen LogP contribution in [0.2, 0.25) is 0 Å². The summed E-state index contributed by atoms with van der Waals surface area (Å²) in [6, 6.07) is 18.7. The van der Waals surface area contributed by atoms with Crippen LogP contribution in [0.4, 0.5) is 4.39 Å². The number of carbonyl (C=O) groups is 1. The molecule has 0 bridgehead atoms. The second kappa shape index (κ2) is 9.61. The summed E-state index contributed by atoms with van der Waals surface area (Å²) in [5.41, 5.74) is 4.45. The molecule has 0 radical (unpaired) electrons. The minimum Gasteiger partial charge on any atom is -0.487 e. The van der Waals surface area contributed by atoms with Gasteiger partial charge in [0.25, 0.3) is 5.91 Å². The Morgan fingerprint density at radius 1 is 1.07 bits per heavy atom. The van der Waals surface area contributed by atoms with Crippen molar-refractivity contribution in [1.82, 2.24) is 5.43 Å². The lowest BCUT2D eigenvalue weighted by molar-refractivity contribution is 0.0955. The van der Waals surface area contributed by atoms with E-state index in [1.807, 2.05) is 42.5 Å². The molecule has 0 aliphatic rings. The van der Waals surface area contributed by atoms with E-state index in [2.05, 4.69) is 42.4 Å². The standard InChI is InChI=1S/C21H15Br2FN2O2/c22-17-10-16(12-25-26-21(27)15-6-8-18(24)9-7-15)20(19(23)11-17)28-13-14-4-2-1-3-5-14/h1-12H,13H2,(H,26,27)/b25-12-. The van der Waals surface area contributed by atoms with Crippen LogP contribution in [-0.4, -0.2) is 12.1 Å². The normalized spacial score (nSPS) is 10.8. The van der Waals surface area contributed by atoms with E-state index in [0.717, 1.165) is 14.5 Å². The molecule has 0 fully saturated rings. The minimum absolute atomic E-state index is 0.314. The van der Waals surface area contributed by atoms with Crippen molar-refractivity contribution >= 4 is 44.0 Å². The lowest BCUT2D eigenvalue weighted by Crippen LogP contribution is -2.17. The van der Waals surface area contributed by atoms with Crippen molar-refractivity contribution in [1.29, 1.82) is 0 Å². The molecule has 0 heterocycles. The van der Waals surface area contributed by atoms with Crippen molar-refractivity contribution in [3.63, 3.8) is 0 Å². The van der Waals surface area contributed by atoms with Crippen LogP contribution < -0.4 is 10.2 Å². The molecule has 0 aromatic heterocycles. The van der Waals surface area contributed by atoms with Crippen LogP contribution in [0.15, 0.2) is 80.8 Å². The van der Waals surface area contributed by atoms with Gasteiger partial charge in [-0.2, -0.15) is 5.10 Å². The number of halogens is 3. The number of ether oxygens (including phenoxy) is 1. The summed E-state index contributed by atoms with van der Waals surface area (Å²) in [4.78, 5) is 12.1. The molecule has 7 heteroatoms. The van der Waals surface area contributed by atoms with Crippen LogP contribution in [0.1, 0.15) is 21.5 Å². The Labute approximate surface area is 178 Å². The average molecular weight is 506 g/mol. The Hall–Kier alpha value is -2.51. The maximum absolute atomic E-state index is 13.0. The Morgan fingerprint density at radius 2 is 1.79 bits per heavy atom. The molecular formula is C21H15Br2FN2O2. The number of hydrogen-bond donors (Lipinski definition) is 1. The Kier molecular flexibility index (Phi) is 6.95. The highest BCUT2D eigenvalue weighted by Gasteiger charge is 2.10. The van der Waals surface area contributed by atoms with Crippen molar-refractivity contribution in [3.8, 4) is 5.75 Å². The van der Waals surface area contributed by atoms with E-state index < -0.39 is 11.7 Å². The molecule has 3 aromatic rings. The molecular weight excluding hydrogens is 491 g/mol. The van der Waals surface area contributed by atoms with Crippen molar-refractivity contribution < 1.29 is 13.9 Å². The summed E-state index contributed by atoms with van der Waals surface area (Å²) in [6.45, 7) is 0.393. The number of hydrazone groups is 1. The van der Waals surface area contributed by atoms with Gasteiger partial charge in [0.15, 0.2) is 0 Å². The molecule has 28 heavy (non-hydrogen) atoms. The van der Waals surface area contributed by atoms with E-state index in [0.29, 0.717) is 23.5 Å². The number of amides is 1. The van der Waals surface area contributed by atoms with Crippen LogP contribution >= 0.6 is 31.9 Å². The molecule has 3 aromatic carbocycles. The molecule has 0 atom stereocenters. The maximum atomic E-state index is 13.0. The summed E-state index contributed by atoms with van der Waals surface area (Å²) >= 11 is 6.93. The van der Waals surface area contributed by atoms with Gasteiger partial charge in [-0.3, -0.25) is 4.79 Å². The molecule has 1 amide bonds. The van der Waals surface area contributed by atoms with Gasteiger partial charge in [-0.1, -0.05) is 46.3 Å². The summed E-state index contributed by atoms with van der Waals surface area (Å²) in [7, 11) is 0. The van der Waals surface area contributed by atoms with Crippen molar-refractivity contribution in [3.05, 3.63) is 98.2 Å². The van der Waals surface area contributed by atoms with E-state index in [4.69, 9.17) is 4.74 Å². The molecule has 0 saturated heterocycles. The van der Waals surface area contributed by atoms with E-state index in [1.54, 1.807) is 0 Å². The van der Waals surface area contributed by atoms with Gasteiger partial charge in [0.1, 0.15) is 18.2 Å². The lowest BCUT2D eigenvalue weighted by atomic mass is 10.2. The van der Waals surface area contributed by atoms with Crippen LogP contribution in [-0.2, 0) is 6.61 Å². The average Bonchev–Trinajstić information content (AvgIpc) is 2.68. The highest BCUT2D eigenvalue weighted by atomic mass is 79.9. The van der Waals surface area contributed by atoms with Gasteiger partial charge in [-0.15, -0.1) is 0 Å². The second-order valence-electron chi connectivity index (χ2n) is 5.79. The first-order valence-electron chi connectivity index (χ1n) is 8.27. The van der Waals surface area contributed by atoms with Gasteiger partial charge in [0.2, 0.25) is 0 Å². The van der Waals surface area contributed by atoms with Crippen LogP contribution in [0.5, 0.6) is 5.75 Å². The summed E-state index contributed by atoms with van der Waals surface area (Å²) < 4.78 is 20.5. The van der Waals surface area contributed by atoms with Gasteiger partial charge in [0.05, 0.1) is 10.7 Å². The molecule has 0 spiro atoms. The molecule has 3 rings (SSSR count). The predicted molar refractivity (Wildman–Crippen MR) is 114 cm³/mol. The van der Waals surface area contributed by atoms with Gasteiger partial charge in [-0.25, -0.2) is 9.82 Å². The highest BCUT2D eigenvalue weighted by molar-refractivity contribution is 9.11. The third-order valence-corrected chi connectivity index (χ3v) is 4.79. The zero-order valence-corrected chi connectivity index (χ0v) is 17.7. The predicted octanol–water partition coefficient (Wildman–Crippen LogP) is 5.69. The van der Waals surface area contributed by atoms with Gasteiger partial charge < -0.3 is 4.74 Å². The Balaban J connectivity index is 1.74. The van der Waals surface area contributed by atoms with Gasteiger partial charge >= 0.3 is 0 Å². The summed E-state index contributed by atoms with van der Waals surface area (Å²) in [5.74, 6) is -0.233. The molecule has 0 saturated carbocycles. The highest BCUT2D eigenvalue weighted by Crippen LogP contribution is 2.32. The smallest absolute Gasteiger partial charge is 0.271 e. The second-order valence-corrected chi connectivity index (χ2v) is 7.56. The number of nitrogens with zero attached hydrogens (tertiary/aromatic N) is 1. The number of nitrogens with one attached hydrogen (secondary N) is 1. The number of rotatable bonds is 6. The van der Waals surface area contributed by atoms with Crippen LogP contribution in [0.3, 0.4) is 0 Å². The first-order chi connectivity index (χ1) is 13.5. The number of hydrogen-bond acceptors (Lipinski definition) is 3. The quantitative estimate of drug-likeness (QED) is 0.345. The first-order valence-corrected chi connectivity index (χ1v) is 9.86. The van der Waals surface area contributed by atoms with Crippen LogP contribution in [0.25, 0.3) is 0 Å². The summed E-state index contributed by atoms with van der Waals surface area (Å²) in [5, 5.41) is 4.00. The molecule has 4 nitrogen and oxygen atoms in total. The molecule has 1 N–H and O–H groups in total. The van der Waals surface area contributed by atoms with Crippen molar-refractivity contribution in [2.75, 3.05) is 0 Å². The fourth-order valence-corrected chi connectivity index (χ4v) is 3.76.